The van der Waals surface area contributed by atoms with E-state index in [1.54, 1.807) is 0 Å². The third-order valence-corrected chi connectivity index (χ3v) is 2.95. The van der Waals surface area contributed by atoms with Crippen LogP contribution in [-0.4, -0.2) is 23.8 Å². The predicted molar refractivity (Wildman–Crippen MR) is 63.7 cm³/mol. The number of carbonyl (C=O) groups excluding carboxylic acids is 1. The van der Waals surface area contributed by atoms with Crippen molar-refractivity contribution >= 4 is 5.78 Å². The molecule has 0 aromatic heterocycles. The van der Waals surface area contributed by atoms with Gasteiger partial charge in [0.05, 0.1) is 5.92 Å². The molecule has 0 saturated carbocycles. The molecule has 16 heavy (non-hydrogen) atoms. The second kappa shape index (κ2) is 4.96. The van der Waals surface area contributed by atoms with Crippen LogP contribution in [0.3, 0.4) is 0 Å². The van der Waals surface area contributed by atoms with Crippen LogP contribution >= 0.6 is 0 Å². The van der Waals surface area contributed by atoms with Crippen molar-refractivity contribution in [3.8, 4) is 12.3 Å². The van der Waals surface area contributed by atoms with Crippen LogP contribution in [0.25, 0.3) is 0 Å². The summed E-state index contributed by atoms with van der Waals surface area (Å²) < 4.78 is 0. The molecule has 1 aliphatic heterocycles. The van der Waals surface area contributed by atoms with Gasteiger partial charge in [-0.05, 0) is 5.56 Å². The van der Waals surface area contributed by atoms with Gasteiger partial charge in [-0.15, -0.1) is 6.42 Å². The number of terminal acetylenes is 1. The number of carbonyl (C=O) groups is 1. The maximum absolute atomic E-state index is 11.5. The summed E-state index contributed by atoms with van der Waals surface area (Å²) in [6, 6.07) is 10.3. The van der Waals surface area contributed by atoms with Crippen LogP contribution in [0.1, 0.15) is 12.0 Å². The van der Waals surface area contributed by atoms with Crippen LogP contribution < -0.4 is 0 Å². The van der Waals surface area contributed by atoms with E-state index >= 15 is 0 Å². The summed E-state index contributed by atoms with van der Waals surface area (Å²) in [5.41, 5.74) is 1.27. The molecule has 0 bridgehead atoms. The molecule has 1 fully saturated rings. The Kier molecular flexibility index (Phi) is 3.38. The fraction of sp³-hybridized carbons (Fsp3) is 0.357. The van der Waals surface area contributed by atoms with Crippen LogP contribution in [0.15, 0.2) is 30.3 Å². The van der Waals surface area contributed by atoms with E-state index in [1.807, 2.05) is 18.2 Å². The number of hydrogen-bond acceptors (Lipinski definition) is 2. The van der Waals surface area contributed by atoms with Crippen molar-refractivity contribution in [2.24, 2.45) is 5.92 Å². The molecule has 1 atom stereocenters. The number of benzene rings is 1. The smallest absolute Gasteiger partial charge is 0.150 e. The molecule has 2 heteroatoms. The molecule has 0 spiro atoms. The molecule has 82 valence electrons. The lowest BCUT2D eigenvalue weighted by molar-refractivity contribution is -0.124. The highest BCUT2D eigenvalue weighted by atomic mass is 16.1. The van der Waals surface area contributed by atoms with E-state index in [0.717, 1.165) is 13.1 Å². The maximum atomic E-state index is 11.5. The molecule has 0 radical (unpaired) electrons. The lowest BCUT2D eigenvalue weighted by Gasteiger charge is -2.29. The summed E-state index contributed by atoms with van der Waals surface area (Å²) in [6.45, 7) is 2.41. The minimum Gasteiger partial charge on any atom is -0.298 e. The second-order valence-corrected chi connectivity index (χ2v) is 4.16. The largest absolute Gasteiger partial charge is 0.298 e. The standard InChI is InChI=1S/C14H15NO/c1-2-13-11-15(9-8-14(13)16)10-12-6-4-3-5-7-12/h1,3-7,13H,8-11H2/t13-/m0/s1. The average molecular weight is 213 g/mol. The first-order valence-electron chi connectivity index (χ1n) is 5.54. The molecule has 0 N–H and O–H groups in total. The molecule has 2 rings (SSSR count). The second-order valence-electron chi connectivity index (χ2n) is 4.16. The summed E-state index contributed by atoms with van der Waals surface area (Å²) in [5.74, 6) is 2.58. The van der Waals surface area contributed by atoms with Gasteiger partial charge in [0.15, 0.2) is 0 Å². The summed E-state index contributed by atoms with van der Waals surface area (Å²) in [5, 5.41) is 0. The molecule has 1 heterocycles. The maximum Gasteiger partial charge on any atom is 0.150 e. The normalized spacial score (nSPS) is 21.7. The predicted octanol–water partition coefficient (Wildman–Crippen LogP) is 1.71. The first-order valence-corrected chi connectivity index (χ1v) is 5.54. The topological polar surface area (TPSA) is 20.3 Å². The molecular formula is C14H15NO. The van der Waals surface area contributed by atoms with Gasteiger partial charge in [0.1, 0.15) is 5.78 Å². The molecule has 0 unspecified atom stereocenters. The lowest BCUT2D eigenvalue weighted by atomic mass is 9.97. The zero-order valence-electron chi connectivity index (χ0n) is 9.23. The molecule has 0 aliphatic carbocycles. The van der Waals surface area contributed by atoms with Crippen LogP contribution in [0.2, 0.25) is 0 Å². The van der Waals surface area contributed by atoms with E-state index in [4.69, 9.17) is 6.42 Å². The third-order valence-electron chi connectivity index (χ3n) is 2.95. The van der Waals surface area contributed by atoms with E-state index in [0.29, 0.717) is 13.0 Å². The van der Waals surface area contributed by atoms with E-state index in [2.05, 4.69) is 23.0 Å². The van der Waals surface area contributed by atoms with Crippen molar-refractivity contribution < 1.29 is 4.79 Å². The first kappa shape index (κ1) is 10.9. The monoisotopic (exact) mass is 213 g/mol. The van der Waals surface area contributed by atoms with Gasteiger partial charge in [-0.25, -0.2) is 0 Å². The molecule has 2 nitrogen and oxygen atoms in total. The van der Waals surface area contributed by atoms with Gasteiger partial charge < -0.3 is 0 Å². The zero-order chi connectivity index (χ0) is 11.4. The Labute approximate surface area is 96.3 Å². The SMILES string of the molecule is C#C[C@H]1CN(Cc2ccccc2)CCC1=O. The minimum absolute atomic E-state index is 0.211. The Morgan fingerprint density at radius 3 is 2.81 bits per heavy atom. The fourth-order valence-electron chi connectivity index (χ4n) is 2.02. The van der Waals surface area contributed by atoms with Gasteiger partial charge in [0.25, 0.3) is 0 Å². The Bertz CT molecular complexity index is 404. The number of hydrogen-bond donors (Lipinski definition) is 0. The van der Waals surface area contributed by atoms with Gasteiger partial charge in [0.2, 0.25) is 0 Å². The first-order chi connectivity index (χ1) is 7.79. The molecule has 0 amide bonds. The van der Waals surface area contributed by atoms with Crippen molar-refractivity contribution in [2.75, 3.05) is 13.1 Å². The van der Waals surface area contributed by atoms with Crippen molar-refractivity contribution in [3.63, 3.8) is 0 Å². The van der Waals surface area contributed by atoms with Crippen molar-refractivity contribution in [2.45, 2.75) is 13.0 Å². The molecule has 1 aliphatic rings. The van der Waals surface area contributed by atoms with E-state index in [-0.39, 0.29) is 11.7 Å². The number of piperidine rings is 1. The van der Waals surface area contributed by atoms with Crippen LogP contribution in [-0.2, 0) is 11.3 Å². The highest BCUT2D eigenvalue weighted by Gasteiger charge is 2.25. The van der Waals surface area contributed by atoms with Crippen LogP contribution in [0.4, 0.5) is 0 Å². The average Bonchev–Trinajstić information content (AvgIpc) is 2.33. The fourth-order valence-corrected chi connectivity index (χ4v) is 2.02. The van der Waals surface area contributed by atoms with Crippen LogP contribution in [0.5, 0.6) is 0 Å². The van der Waals surface area contributed by atoms with Crippen molar-refractivity contribution in [3.05, 3.63) is 35.9 Å². The van der Waals surface area contributed by atoms with E-state index < -0.39 is 0 Å². The Morgan fingerprint density at radius 2 is 2.12 bits per heavy atom. The number of ketones is 1. The van der Waals surface area contributed by atoms with E-state index in [1.165, 1.54) is 5.56 Å². The van der Waals surface area contributed by atoms with Crippen molar-refractivity contribution in [1.82, 2.24) is 4.90 Å². The summed E-state index contributed by atoms with van der Waals surface area (Å²) >= 11 is 0. The van der Waals surface area contributed by atoms with Gasteiger partial charge in [-0.3, -0.25) is 9.69 Å². The van der Waals surface area contributed by atoms with Gasteiger partial charge in [-0.1, -0.05) is 36.3 Å². The number of Topliss-reactive ketones (excluding diaryl/α,β-unsaturated/α-hetero) is 1. The minimum atomic E-state index is -0.211. The van der Waals surface area contributed by atoms with E-state index in [9.17, 15) is 4.79 Å². The van der Waals surface area contributed by atoms with Gasteiger partial charge in [0, 0.05) is 26.1 Å². The van der Waals surface area contributed by atoms with Crippen molar-refractivity contribution in [1.29, 1.82) is 0 Å². The lowest BCUT2D eigenvalue weighted by Crippen LogP contribution is -2.39. The molecule has 1 aromatic carbocycles. The quantitative estimate of drug-likeness (QED) is 0.697. The number of likely N-dealkylation sites (tertiary alicyclic amines) is 1. The summed E-state index contributed by atoms with van der Waals surface area (Å²) in [6.07, 6.45) is 5.94. The van der Waals surface area contributed by atoms with Crippen LogP contribution in [0, 0.1) is 18.3 Å². The summed E-state index contributed by atoms with van der Waals surface area (Å²) in [4.78, 5) is 13.7. The molecule has 1 aromatic rings. The van der Waals surface area contributed by atoms with Gasteiger partial charge >= 0.3 is 0 Å². The third kappa shape index (κ3) is 2.50. The zero-order valence-corrected chi connectivity index (χ0v) is 9.23. The Hall–Kier alpha value is -1.59. The number of rotatable bonds is 2. The Morgan fingerprint density at radius 1 is 1.38 bits per heavy atom. The molecular weight excluding hydrogens is 198 g/mol. The molecule has 1 saturated heterocycles. The highest BCUT2D eigenvalue weighted by Crippen LogP contribution is 2.15. The number of nitrogens with zero attached hydrogens (tertiary/aromatic N) is 1. The summed E-state index contributed by atoms with van der Waals surface area (Å²) in [7, 11) is 0. The van der Waals surface area contributed by atoms with Gasteiger partial charge in [-0.2, -0.15) is 0 Å². The Balaban J connectivity index is 1.97. The highest BCUT2D eigenvalue weighted by molar-refractivity contribution is 5.84.